The SMILES string of the molecule is CCC(C(=O)NC1CCCC1)N(Cc1ccccc1)C(=O)COc1ccccc1OC. The summed E-state index contributed by atoms with van der Waals surface area (Å²) in [4.78, 5) is 28.0. The van der Waals surface area contributed by atoms with Crippen molar-refractivity contribution in [1.29, 1.82) is 0 Å². The van der Waals surface area contributed by atoms with Crippen molar-refractivity contribution in [2.75, 3.05) is 13.7 Å². The number of nitrogens with one attached hydrogen (secondary N) is 1. The molecule has 1 fully saturated rings. The van der Waals surface area contributed by atoms with Crippen molar-refractivity contribution in [3.8, 4) is 11.5 Å². The molecule has 0 saturated heterocycles. The summed E-state index contributed by atoms with van der Waals surface area (Å²) in [7, 11) is 1.56. The molecule has 2 aromatic rings. The number of rotatable bonds is 10. The number of nitrogens with zero attached hydrogens (tertiary/aromatic N) is 1. The zero-order valence-corrected chi connectivity index (χ0v) is 18.4. The minimum absolute atomic E-state index is 0.0871. The van der Waals surface area contributed by atoms with Gasteiger partial charge >= 0.3 is 0 Å². The number of ether oxygens (including phenoxy) is 2. The molecule has 0 aliphatic heterocycles. The maximum Gasteiger partial charge on any atom is 0.261 e. The van der Waals surface area contributed by atoms with E-state index in [1.807, 2.05) is 49.4 Å². The molecule has 1 aliphatic carbocycles. The first-order chi connectivity index (χ1) is 15.1. The molecule has 6 heteroatoms. The van der Waals surface area contributed by atoms with Gasteiger partial charge in [0.25, 0.3) is 5.91 Å². The van der Waals surface area contributed by atoms with E-state index in [0.717, 1.165) is 31.2 Å². The number of amides is 2. The lowest BCUT2D eigenvalue weighted by Gasteiger charge is -2.31. The zero-order valence-electron chi connectivity index (χ0n) is 18.4. The zero-order chi connectivity index (χ0) is 22.1. The monoisotopic (exact) mass is 424 g/mol. The Morgan fingerprint density at radius 2 is 1.68 bits per heavy atom. The molecule has 0 heterocycles. The van der Waals surface area contributed by atoms with E-state index in [-0.39, 0.29) is 24.5 Å². The highest BCUT2D eigenvalue weighted by Gasteiger charge is 2.30. The van der Waals surface area contributed by atoms with Crippen LogP contribution in [0.2, 0.25) is 0 Å². The van der Waals surface area contributed by atoms with E-state index in [4.69, 9.17) is 9.47 Å². The van der Waals surface area contributed by atoms with Crippen molar-refractivity contribution in [1.82, 2.24) is 10.2 Å². The number of carbonyl (C=O) groups excluding carboxylic acids is 2. The predicted molar refractivity (Wildman–Crippen MR) is 120 cm³/mol. The molecule has 31 heavy (non-hydrogen) atoms. The molecular weight excluding hydrogens is 392 g/mol. The summed E-state index contributed by atoms with van der Waals surface area (Å²) in [6.45, 7) is 2.12. The van der Waals surface area contributed by atoms with Crippen molar-refractivity contribution in [3.63, 3.8) is 0 Å². The van der Waals surface area contributed by atoms with Crippen LogP contribution in [0.4, 0.5) is 0 Å². The number of para-hydroxylation sites is 2. The van der Waals surface area contributed by atoms with Gasteiger partial charge in [0.15, 0.2) is 18.1 Å². The summed E-state index contributed by atoms with van der Waals surface area (Å²) in [5.74, 6) is 0.747. The van der Waals surface area contributed by atoms with Crippen molar-refractivity contribution < 1.29 is 19.1 Å². The first-order valence-corrected chi connectivity index (χ1v) is 11.0. The van der Waals surface area contributed by atoms with Gasteiger partial charge in [-0.15, -0.1) is 0 Å². The molecule has 0 aromatic heterocycles. The van der Waals surface area contributed by atoms with Gasteiger partial charge in [0.1, 0.15) is 6.04 Å². The Hall–Kier alpha value is -3.02. The van der Waals surface area contributed by atoms with E-state index in [9.17, 15) is 9.59 Å². The van der Waals surface area contributed by atoms with Crippen LogP contribution in [0.5, 0.6) is 11.5 Å². The third-order valence-corrected chi connectivity index (χ3v) is 5.70. The molecule has 1 N–H and O–H groups in total. The van der Waals surface area contributed by atoms with Crippen LogP contribution in [-0.2, 0) is 16.1 Å². The minimum atomic E-state index is -0.547. The van der Waals surface area contributed by atoms with Gasteiger partial charge in [-0.25, -0.2) is 0 Å². The van der Waals surface area contributed by atoms with Gasteiger partial charge in [0.2, 0.25) is 5.91 Å². The van der Waals surface area contributed by atoms with Crippen molar-refractivity contribution in [3.05, 3.63) is 60.2 Å². The molecule has 0 bridgehead atoms. The highest BCUT2D eigenvalue weighted by atomic mass is 16.5. The van der Waals surface area contributed by atoms with Crippen molar-refractivity contribution >= 4 is 11.8 Å². The molecule has 1 saturated carbocycles. The van der Waals surface area contributed by atoms with Crippen molar-refractivity contribution in [2.45, 2.75) is 57.7 Å². The summed E-state index contributed by atoms with van der Waals surface area (Å²) in [6.07, 6.45) is 4.82. The van der Waals surface area contributed by atoms with Crippen LogP contribution < -0.4 is 14.8 Å². The van der Waals surface area contributed by atoms with Crippen LogP contribution >= 0.6 is 0 Å². The second kappa shape index (κ2) is 11.4. The van der Waals surface area contributed by atoms with Gasteiger partial charge in [0, 0.05) is 12.6 Å². The van der Waals surface area contributed by atoms with Gasteiger partial charge in [-0.2, -0.15) is 0 Å². The summed E-state index contributed by atoms with van der Waals surface area (Å²) in [5, 5.41) is 3.15. The fraction of sp³-hybridized carbons (Fsp3) is 0.440. The van der Waals surface area contributed by atoms with E-state index in [2.05, 4.69) is 5.32 Å². The van der Waals surface area contributed by atoms with Crippen LogP contribution in [0.1, 0.15) is 44.6 Å². The van der Waals surface area contributed by atoms with Crippen LogP contribution in [0.3, 0.4) is 0 Å². The first kappa shape index (κ1) is 22.7. The Morgan fingerprint density at radius 3 is 2.32 bits per heavy atom. The fourth-order valence-corrected chi connectivity index (χ4v) is 4.03. The van der Waals surface area contributed by atoms with Gasteiger partial charge in [-0.05, 0) is 37.0 Å². The van der Waals surface area contributed by atoms with E-state index < -0.39 is 6.04 Å². The molecular formula is C25H32N2O4. The number of hydrogen-bond acceptors (Lipinski definition) is 4. The molecule has 0 spiro atoms. The minimum Gasteiger partial charge on any atom is -0.493 e. The van der Waals surface area contributed by atoms with Crippen LogP contribution in [-0.4, -0.2) is 42.5 Å². The lowest BCUT2D eigenvalue weighted by Crippen LogP contribution is -2.52. The number of hydrogen-bond donors (Lipinski definition) is 1. The van der Waals surface area contributed by atoms with Crippen LogP contribution in [0, 0.1) is 0 Å². The normalized spacial score (nSPS) is 14.6. The largest absolute Gasteiger partial charge is 0.493 e. The highest BCUT2D eigenvalue weighted by molar-refractivity contribution is 5.88. The Morgan fingerprint density at radius 1 is 1.03 bits per heavy atom. The Bertz CT molecular complexity index is 850. The number of benzene rings is 2. The van der Waals surface area contributed by atoms with E-state index in [0.29, 0.717) is 24.5 Å². The first-order valence-electron chi connectivity index (χ1n) is 11.0. The molecule has 2 amide bonds. The smallest absolute Gasteiger partial charge is 0.261 e. The Labute approximate surface area is 184 Å². The molecule has 1 aliphatic rings. The lowest BCUT2D eigenvalue weighted by molar-refractivity contribution is -0.143. The van der Waals surface area contributed by atoms with Gasteiger partial charge in [0.05, 0.1) is 7.11 Å². The summed E-state index contributed by atoms with van der Waals surface area (Å²) >= 11 is 0. The molecule has 1 unspecified atom stereocenters. The molecule has 0 radical (unpaired) electrons. The van der Waals surface area contributed by atoms with Crippen LogP contribution in [0.15, 0.2) is 54.6 Å². The second-order valence-electron chi connectivity index (χ2n) is 7.86. The summed E-state index contributed by atoms with van der Waals surface area (Å²) in [6, 6.07) is 16.6. The van der Waals surface area contributed by atoms with E-state index in [1.54, 1.807) is 24.1 Å². The highest BCUT2D eigenvalue weighted by Crippen LogP contribution is 2.26. The molecule has 3 rings (SSSR count). The fourth-order valence-electron chi connectivity index (χ4n) is 4.03. The summed E-state index contributed by atoms with van der Waals surface area (Å²) < 4.78 is 11.1. The molecule has 1 atom stereocenters. The van der Waals surface area contributed by atoms with E-state index >= 15 is 0 Å². The summed E-state index contributed by atoms with van der Waals surface area (Å²) in [5.41, 5.74) is 0.972. The van der Waals surface area contributed by atoms with E-state index in [1.165, 1.54) is 0 Å². The van der Waals surface area contributed by atoms with Crippen molar-refractivity contribution in [2.24, 2.45) is 0 Å². The standard InChI is InChI=1S/C25H32N2O4/c1-3-21(25(29)26-20-13-7-8-14-20)27(17-19-11-5-4-6-12-19)24(28)18-31-23-16-10-9-15-22(23)30-2/h4-6,9-12,15-16,20-21H,3,7-8,13-14,17-18H2,1-2H3,(H,26,29). The average molecular weight is 425 g/mol. The Kier molecular flexibility index (Phi) is 8.33. The molecule has 2 aromatic carbocycles. The van der Waals surface area contributed by atoms with Gasteiger partial charge in [-0.3, -0.25) is 9.59 Å². The topological polar surface area (TPSA) is 67.9 Å². The predicted octanol–water partition coefficient (Wildman–Crippen LogP) is 3.94. The number of carbonyl (C=O) groups is 2. The Balaban J connectivity index is 1.75. The third kappa shape index (κ3) is 6.23. The van der Waals surface area contributed by atoms with Gasteiger partial charge < -0.3 is 19.7 Å². The maximum atomic E-state index is 13.2. The van der Waals surface area contributed by atoms with Crippen LogP contribution in [0.25, 0.3) is 0 Å². The number of methoxy groups -OCH3 is 1. The molecule has 166 valence electrons. The third-order valence-electron chi connectivity index (χ3n) is 5.70. The molecule has 6 nitrogen and oxygen atoms in total. The average Bonchev–Trinajstić information content (AvgIpc) is 3.31. The maximum absolute atomic E-state index is 13.2. The van der Waals surface area contributed by atoms with Gasteiger partial charge in [-0.1, -0.05) is 62.2 Å². The quantitative estimate of drug-likeness (QED) is 0.627. The lowest BCUT2D eigenvalue weighted by atomic mass is 10.1. The second-order valence-corrected chi connectivity index (χ2v) is 7.86.